The Morgan fingerprint density at radius 2 is 1.73 bits per heavy atom. The average Bonchev–Trinajstić information content (AvgIpc) is 3.32. The summed E-state index contributed by atoms with van der Waals surface area (Å²) in [5.74, 6) is 0.0815. The number of carbonyl (C=O) groups is 1. The number of aliphatic imine (C=N–C) groups is 1. The number of nitro benzene ring substituents is 1. The third kappa shape index (κ3) is 3.75. The van der Waals surface area contributed by atoms with Gasteiger partial charge in [0, 0.05) is 22.2 Å². The largest absolute Gasteiger partial charge is 0.508 e. The third-order valence-electron chi connectivity index (χ3n) is 5.11. The number of amidine groups is 1. The van der Waals surface area contributed by atoms with Crippen LogP contribution in [-0.2, 0) is 4.79 Å². The van der Waals surface area contributed by atoms with E-state index in [0.717, 1.165) is 10.1 Å². The van der Waals surface area contributed by atoms with Crippen molar-refractivity contribution in [3.05, 3.63) is 104 Å². The van der Waals surface area contributed by atoms with E-state index in [9.17, 15) is 20.0 Å². The van der Waals surface area contributed by atoms with Crippen molar-refractivity contribution in [1.82, 2.24) is 0 Å². The van der Waals surface area contributed by atoms with Crippen molar-refractivity contribution in [1.29, 1.82) is 0 Å². The quantitative estimate of drug-likeness (QED) is 0.222. The first kappa shape index (κ1) is 20.9. The first-order chi connectivity index (χ1) is 15.9. The molecule has 3 aromatic carbocycles. The molecule has 4 aromatic rings. The molecule has 1 aliphatic rings. The molecule has 0 bridgehead atoms. The summed E-state index contributed by atoms with van der Waals surface area (Å²) >= 11 is 8.12. The zero-order chi connectivity index (χ0) is 23.1. The van der Waals surface area contributed by atoms with Gasteiger partial charge >= 0.3 is 0 Å². The fourth-order valence-corrected chi connectivity index (χ4v) is 5.01. The van der Waals surface area contributed by atoms with Gasteiger partial charge in [0.15, 0.2) is 5.84 Å². The number of benzene rings is 3. The zero-order valence-corrected chi connectivity index (χ0v) is 18.4. The van der Waals surface area contributed by atoms with E-state index in [1.807, 2.05) is 24.3 Å². The lowest BCUT2D eigenvalue weighted by Crippen LogP contribution is -2.32. The van der Waals surface area contributed by atoms with Crippen molar-refractivity contribution in [3.8, 4) is 5.75 Å². The van der Waals surface area contributed by atoms with Gasteiger partial charge in [0.1, 0.15) is 11.4 Å². The highest BCUT2D eigenvalue weighted by Gasteiger charge is 2.35. The van der Waals surface area contributed by atoms with Crippen LogP contribution in [-0.4, -0.2) is 21.8 Å². The lowest BCUT2D eigenvalue weighted by molar-refractivity contribution is -0.384. The summed E-state index contributed by atoms with van der Waals surface area (Å²) in [6.45, 7) is 0. The number of phenolic OH excluding ortho intramolecular Hbond substituents is 1. The number of fused-ring (bicyclic) bond motifs is 1. The minimum absolute atomic E-state index is 0.0399. The molecular formula is C24H14ClN3O4S. The van der Waals surface area contributed by atoms with Gasteiger partial charge < -0.3 is 5.11 Å². The molecule has 0 spiro atoms. The summed E-state index contributed by atoms with van der Waals surface area (Å²) < 4.78 is 0.964. The van der Waals surface area contributed by atoms with Crippen molar-refractivity contribution in [2.45, 2.75) is 0 Å². The Morgan fingerprint density at radius 1 is 1.03 bits per heavy atom. The average molecular weight is 476 g/mol. The predicted molar refractivity (Wildman–Crippen MR) is 130 cm³/mol. The molecule has 162 valence electrons. The van der Waals surface area contributed by atoms with E-state index >= 15 is 0 Å². The summed E-state index contributed by atoms with van der Waals surface area (Å²) in [6.07, 6.45) is 1.58. The van der Waals surface area contributed by atoms with E-state index in [-0.39, 0.29) is 23.0 Å². The number of hydrogen-bond acceptors (Lipinski definition) is 6. The highest BCUT2D eigenvalue weighted by atomic mass is 35.5. The zero-order valence-electron chi connectivity index (χ0n) is 16.8. The Bertz CT molecular complexity index is 1470. The van der Waals surface area contributed by atoms with Crippen LogP contribution in [0.3, 0.4) is 0 Å². The first-order valence-corrected chi connectivity index (χ1v) is 11.0. The monoisotopic (exact) mass is 475 g/mol. The van der Waals surface area contributed by atoms with Crippen molar-refractivity contribution < 1.29 is 14.8 Å². The molecule has 33 heavy (non-hydrogen) atoms. The lowest BCUT2D eigenvalue weighted by Gasteiger charge is -2.18. The first-order valence-electron chi connectivity index (χ1n) is 9.78. The van der Waals surface area contributed by atoms with Crippen LogP contribution >= 0.6 is 22.9 Å². The second-order valence-corrected chi connectivity index (χ2v) is 8.64. The Labute approximate surface area is 196 Å². The molecule has 0 saturated heterocycles. The van der Waals surface area contributed by atoms with Gasteiger partial charge in [-0.3, -0.25) is 19.8 Å². The summed E-state index contributed by atoms with van der Waals surface area (Å²) in [6, 6.07) is 19.8. The molecule has 0 atom stereocenters. The molecular weight excluding hydrogens is 462 g/mol. The molecule has 5 rings (SSSR count). The number of non-ortho nitro benzene ring substituents is 1. The highest BCUT2D eigenvalue weighted by Crippen LogP contribution is 2.39. The molecule has 0 fully saturated rings. The molecule has 1 amide bonds. The van der Waals surface area contributed by atoms with Crippen LogP contribution in [0.25, 0.3) is 16.2 Å². The number of thiophene rings is 1. The number of rotatable bonds is 4. The van der Waals surface area contributed by atoms with Gasteiger partial charge in [-0.25, -0.2) is 4.99 Å². The summed E-state index contributed by atoms with van der Waals surface area (Å²) in [5, 5.41) is 22.0. The fourth-order valence-electron chi connectivity index (χ4n) is 3.52. The number of amides is 1. The summed E-state index contributed by atoms with van der Waals surface area (Å²) in [5.41, 5.74) is 1.25. The lowest BCUT2D eigenvalue weighted by atomic mass is 10.1. The van der Waals surface area contributed by atoms with Crippen molar-refractivity contribution in [2.24, 2.45) is 4.99 Å². The van der Waals surface area contributed by atoms with E-state index in [1.165, 1.54) is 40.5 Å². The molecule has 0 radical (unpaired) electrons. The van der Waals surface area contributed by atoms with E-state index in [4.69, 9.17) is 11.6 Å². The van der Waals surface area contributed by atoms with Crippen LogP contribution in [0.15, 0.2) is 83.5 Å². The maximum absolute atomic E-state index is 13.4. The van der Waals surface area contributed by atoms with E-state index in [1.54, 1.807) is 30.3 Å². The van der Waals surface area contributed by atoms with Crippen LogP contribution in [0, 0.1) is 10.1 Å². The Balaban J connectivity index is 1.64. The van der Waals surface area contributed by atoms with Crippen LogP contribution in [0.4, 0.5) is 11.4 Å². The molecule has 1 aliphatic heterocycles. The molecule has 7 nitrogen and oxygen atoms in total. The number of anilines is 1. The number of carbonyl (C=O) groups excluding carboxylic acids is 1. The summed E-state index contributed by atoms with van der Waals surface area (Å²) in [4.78, 5) is 30.6. The SMILES string of the molecule is O=C1/C(=C\c2ccc([N+](=O)[O-])cc2)N=C(c2sc3ccccc3c2Cl)N1c1ccc(O)cc1. The third-order valence-corrected chi connectivity index (χ3v) is 6.78. The second-order valence-electron chi connectivity index (χ2n) is 7.21. The second kappa shape index (κ2) is 8.16. The molecule has 9 heteroatoms. The Kier molecular flexibility index (Phi) is 5.16. The maximum Gasteiger partial charge on any atom is 0.282 e. The van der Waals surface area contributed by atoms with E-state index < -0.39 is 4.92 Å². The van der Waals surface area contributed by atoms with Crippen molar-refractivity contribution >= 4 is 62.2 Å². The van der Waals surface area contributed by atoms with Gasteiger partial charge in [0.05, 0.1) is 20.5 Å². The standard InChI is InChI=1S/C24H14ClN3O4S/c25-21-18-3-1-2-4-20(18)33-22(21)23-26-19(13-14-5-7-16(8-6-14)28(31)32)24(30)27(23)15-9-11-17(29)12-10-15/h1-13,29H/b19-13+. The van der Waals surface area contributed by atoms with E-state index in [2.05, 4.69) is 4.99 Å². The number of halogens is 1. The van der Waals surface area contributed by atoms with Gasteiger partial charge in [0.25, 0.3) is 11.6 Å². The summed E-state index contributed by atoms with van der Waals surface area (Å²) in [7, 11) is 0. The van der Waals surface area contributed by atoms with Crippen LogP contribution in [0.1, 0.15) is 10.4 Å². The van der Waals surface area contributed by atoms with Crippen molar-refractivity contribution in [3.63, 3.8) is 0 Å². The molecule has 2 heterocycles. The molecule has 0 unspecified atom stereocenters. The van der Waals surface area contributed by atoms with Crippen molar-refractivity contribution in [2.75, 3.05) is 4.90 Å². The fraction of sp³-hybridized carbons (Fsp3) is 0. The number of aromatic hydroxyl groups is 1. The van der Waals surface area contributed by atoms with Crippen LogP contribution in [0.5, 0.6) is 5.75 Å². The number of nitro groups is 1. The van der Waals surface area contributed by atoms with Gasteiger partial charge in [-0.2, -0.15) is 0 Å². The Morgan fingerprint density at radius 3 is 2.39 bits per heavy atom. The van der Waals surface area contributed by atoms with Gasteiger partial charge in [-0.05, 0) is 54.1 Å². The van der Waals surface area contributed by atoms with Crippen LogP contribution in [0.2, 0.25) is 5.02 Å². The maximum atomic E-state index is 13.4. The normalized spacial score (nSPS) is 14.8. The van der Waals surface area contributed by atoms with Gasteiger partial charge in [-0.1, -0.05) is 29.8 Å². The van der Waals surface area contributed by atoms with Gasteiger partial charge in [-0.15, -0.1) is 11.3 Å². The van der Waals surface area contributed by atoms with Gasteiger partial charge in [0.2, 0.25) is 0 Å². The topological polar surface area (TPSA) is 96.0 Å². The Hall–Kier alpha value is -4.01. The molecule has 1 N–H and O–H groups in total. The molecule has 0 saturated carbocycles. The number of hydrogen-bond donors (Lipinski definition) is 1. The highest BCUT2D eigenvalue weighted by molar-refractivity contribution is 7.21. The minimum Gasteiger partial charge on any atom is -0.508 e. The minimum atomic E-state index is -0.482. The number of nitrogens with zero attached hydrogens (tertiary/aromatic N) is 3. The predicted octanol–water partition coefficient (Wildman–Crippen LogP) is 6.00. The molecule has 1 aromatic heterocycles. The van der Waals surface area contributed by atoms with Crippen LogP contribution < -0.4 is 4.90 Å². The molecule has 0 aliphatic carbocycles. The number of phenols is 1. The smallest absolute Gasteiger partial charge is 0.282 e. The van der Waals surface area contributed by atoms with E-state index in [0.29, 0.717) is 27.0 Å².